The topological polar surface area (TPSA) is 0 Å². The molecule has 0 nitrogen and oxygen atoms in total. The third-order valence-electron chi connectivity index (χ3n) is 9.75. The lowest BCUT2D eigenvalue weighted by molar-refractivity contribution is 0.502. The monoisotopic (exact) mass is 550 g/mol. The Balaban J connectivity index is 1.52. The Hall–Kier alpha value is -2.34. The Morgan fingerprint density at radius 3 is 2.05 bits per heavy atom. The van der Waals surface area contributed by atoms with Crippen LogP contribution in [0.5, 0.6) is 0 Å². The van der Waals surface area contributed by atoms with Gasteiger partial charge in [-0.15, -0.1) is 0 Å². The van der Waals surface area contributed by atoms with Crippen LogP contribution in [0.1, 0.15) is 156 Å². The van der Waals surface area contributed by atoms with Crippen molar-refractivity contribution in [2.24, 2.45) is 0 Å². The van der Waals surface area contributed by atoms with Gasteiger partial charge in [0.2, 0.25) is 0 Å². The first kappa shape index (κ1) is 31.6. The maximum absolute atomic E-state index is 2.58. The van der Waals surface area contributed by atoms with Crippen LogP contribution in [0.15, 0.2) is 66.7 Å². The Morgan fingerprint density at radius 2 is 1.32 bits per heavy atom. The highest BCUT2D eigenvalue weighted by molar-refractivity contribution is 5.87. The van der Waals surface area contributed by atoms with Gasteiger partial charge in [0.05, 0.1) is 0 Å². The normalized spacial score (nSPS) is 15.3. The molecule has 0 fully saturated rings. The number of unbranched alkanes of at least 4 members (excludes halogenated alkanes) is 13. The molecule has 0 N–H and O–H groups in total. The zero-order valence-electron chi connectivity index (χ0n) is 26.7. The van der Waals surface area contributed by atoms with E-state index in [2.05, 4.69) is 87.5 Å². The zero-order chi connectivity index (χ0) is 28.7. The number of hydrogen-bond donors (Lipinski definition) is 0. The minimum atomic E-state index is 0.474. The maximum atomic E-state index is 2.58. The summed E-state index contributed by atoms with van der Waals surface area (Å²) in [7, 11) is 0. The van der Waals surface area contributed by atoms with Crippen LogP contribution in [0.2, 0.25) is 0 Å². The van der Waals surface area contributed by atoms with Gasteiger partial charge in [-0.25, -0.2) is 0 Å². The molecule has 0 heterocycles. The van der Waals surface area contributed by atoms with Gasteiger partial charge < -0.3 is 0 Å². The molecule has 3 aromatic carbocycles. The van der Waals surface area contributed by atoms with Gasteiger partial charge in [-0.1, -0.05) is 170 Å². The van der Waals surface area contributed by atoms with E-state index < -0.39 is 0 Å². The van der Waals surface area contributed by atoms with Crippen molar-refractivity contribution in [1.82, 2.24) is 0 Å². The van der Waals surface area contributed by atoms with Gasteiger partial charge in [-0.3, -0.25) is 0 Å². The van der Waals surface area contributed by atoms with E-state index in [1.165, 1.54) is 125 Å². The Bertz CT molecular complexity index is 1200. The fraction of sp³-hybridized carbons (Fsp3) is 0.561. The molecule has 2 atom stereocenters. The molecule has 2 unspecified atom stereocenters. The molecule has 1 aliphatic carbocycles. The molecule has 0 aromatic heterocycles. The quantitative estimate of drug-likeness (QED) is 0.103. The molecule has 0 saturated heterocycles. The summed E-state index contributed by atoms with van der Waals surface area (Å²) in [5.41, 5.74) is 7.94. The maximum Gasteiger partial charge on any atom is 0.00900 e. The Labute approximate surface area is 253 Å². The van der Waals surface area contributed by atoms with E-state index in [0.29, 0.717) is 11.8 Å². The van der Waals surface area contributed by atoms with Crippen LogP contribution in [-0.4, -0.2) is 0 Å². The van der Waals surface area contributed by atoms with Gasteiger partial charge in [0.25, 0.3) is 0 Å². The van der Waals surface area contributed by atoms with Crippen LogP contribution in [0.3, 0.4) is 0 Å². The van der Waals surface area contributed by atoms with Crippen LogP contribution in [0.25, 0.3) is 10.8 Å². The summed E-state index contributed by atoms with van der Waals surface area (Å²) < 4.78 is 0. The lowest BCUT2D eigenvalue weighted by Crippen LogP contribution is -2.17. The Morgan fingerprint density at radius 1 is 0.659 bits per heavy atom. The van der Waals surface area contributed by atoms with E-state index in [9.17, 15) is 0 Å². The average molecular weight is 551 g/mol. The third-order valence-corrected chi connectivity index (χ3v) is 9.75. The molecule has 0 saturated carbocycles. The molecule has 41 heavy (non-hydrogen) atoms. The highest BCUT2D eigenvalue weighted by atomic mass is 14.3. The lowest BCUT2D eigenvalue weighted by Gasteiger charge is -2.32. The summed E-state index contributed by atoms with van der Waals surface area (Å²) in [5.74, 6) is 1.01. The molecule has 222 valence electrons. The summed E-state index contributed by atoms with van der Waals surface area (Å²) in [5, 5.41) is 2.86. The number of fused-ring (bicyclic) bond motifs is 2. The third kappa shape index (κ3) is 9.07. The van der Waals surface area contributed by atoms with Crippen LogP contribution < -0.4 is 0 Å². The summed E-state index contributed by atoms with van der Waals surface area (Å²) in [6.45, 7) is 6.97. The molecule has 0 aliphatic heterocycles. The van der Waals surface area contributed by atoms with Gasteiger partial charge in [-0.05, 0) is 77.1 Å². The number of allylic oxidation sites excluding steroid dienone is 2. The Kier molecular flexibility index (Phi) is 13.5. The number of hydrogen-bond acceptors (Lipinski definition) is 0. The van der Waals surface area contributed by atoms with E-state index in [0.717, 1.165) is 6.42 Å². The second kappa shape index (κ2) is 17.6. The van der Waals surface area contributed by atoms with Crippen molar-refractivity contribution in [3.8, 4) is 0 Å². The van der Waals surface area contributed by atoms with Gasteiger partial charge >= 0.3 is 0 Å². The molecule has 0 amide bonds. The van der Waals surface area contributed by atoms with Crippen LogP contribution >= 0.6 is 0 Å². The number of benzene rings is 3. The van der Waals surface area contributed by atoms with Crippen molar-refractivity contribution in [1.29, 1.82) is 0 Å². The zero-order valence-corrected chi connectivity index (χ0v) is 26.7. The molecule has 1 aliphatic rings. The fourth-order valence-electron chi connectivity index (χ4n) is 7.41. The smallest absolute Gasteiger partial charge is 0.00900 e. The molecular weight excluding hydrogens is 492 g/mol. The van der Waals surface area contributed by atoms with Gasteiger partial charge in [-0.2, -0.15) is 0 Å². The second-order valence-electron chi connectivity index (χ2n) is 12.9. The first-order chi connectivity index (χ1) is 20.2. The predicted molar refractivity (Wildman–Crippen MR) is 182 cm³/mol. The highest BCUT2D eigenvalue weighted by Gasteiger charge is 2.29. The van der Waals surface area contributed by atoms with Gasteiger partial charge in [0.1, 0.15) is 0 Å². The van der Waals surface area contributed by atoms with Crippen LogP contribution in [-0.2, 0) is 12.8 Å². The summed E-state index contributed by atoms with van der Waals surface area (Å²) >= 11 is 0. The fourth-order valence-corrected chi connectivity index (χ4v) is 7.41. The van der Waals surface area contributed by atoms with Crippen LogP contribution in [0, 0.1) is 6.92 Å². The van der Waals surface area contributed by atoms with Crippen LogP contribution in [0.4, 0.5) is 0 Å². The molecule has 3 aromatic rings. The standard InChI is InChI=1S/C41H58/c1-4-6-8-10-12-13-14-16-18-27-40(41-33(3)31-32-35-24-19-20-26-37(35)41)39-30-22-28-36-34(25-21-29-38(36)39)23-17-15-11-9-7-5-2/h19-22,24-26,29-32,39-40H,4-18,23,27-28H2,1-3H3. The van der Waals surface area contributed by atoms with Crippen molar-refractivity contribution in [3.05, 3.63) is 94.6 Å². The predicted octanol–water partition coefficient (Wildman–Crippen LogP) is 13.0. The van der Waals surface area contributed by atoms with Gasteiger partial charge in [0.15, 0.2) is 0 Å². The first-order valence-corrected chi connectivity index (χ1v) is 17.5. The molecule has 0 heteroatoms. The lowest BCUT2D eigenvalue weighted by atomic mass is 9.71. The van der Waals surface area contributed by atoms with E-state index in [4.69, 9.17) is 0 Å². The molecule has 4 rings (SSSR count). The minimum absolute atomic E-state index is 0.474. The number of rotatable bonds is 19. The average Bonchev–Trinajstić information content (AvgIpc) is 3.00. The molecule has 0 radical (unpaired) electrons. The van der Waals surface area contributed by atoms with Crippen molar-refractivity contribution in [3.63, 3.8) is 0 Å². The first-order valence-electron chi connectivity index (χ1n) is 17.5. The summed E-state index contributed by atoms with van der Waals surface area (Å²) in [4.78, 5) is 0. The van der Waals surface area contributed by atoms with E-state index in [-0.39, 0.29) is 0 Å². The SMILES string of the molecule is CCCCCCCCCCCC(c1c(C)ccc2ccccc12)C1C=CCc2c(CCCCCCCC)cccc21. The van der Waals surface area contributed by atoms with Crippen molar-refractivity contribution in [2.75, 3.05) is 0 Å². The molecular formula is C41H58. The largest absolute Gasteiger partial charge is 0.0835 e. The van der Waals surface area contributed by atoms with Crippen molar-refractivity contribution < 1.29 is 0 Å². The van der Waals surface area contributed by atoms with E-state index in [1.54, 1.807) is 22.3 Å². The summed E-state index contributed by atoms with van der Waals surface area (Å²) in [6.07, 6.45) is 29.5. The summed E-state index contributed by atoms with van der Waals surface area (Å²) in [6, 6.07) is 21.1. The van der Waals surface area contributed by atoms with Crippen molar-refractivity contribution in [2.45, 2.75) is 148 Å². The highest BCUT2D eigenvalue weighted by Crippen LogP contribution is 2.45. The molecule has 0 spiro atoms. The minimum Gasteiger partial charge on any atom is -0.0835 e. The molecule has 0 bridgehead atoms. The number of aryl methyl sites for hydroxylation is 2. The van der Waals surface area contributed by atoms with Crippen molar-refractivity contribution >= 4 is 10.8 Å². The van der Waals surface area contributed by atoms with Gasteiger partial charge in [0, 0.05) is 5.92 Å². The van der Waals surface area contributed by atoms with E-state index in [1.807, 2.05) is 0 Å². The second-order valence-corrected chi connectivity index (χ2v) is 12.9. The van der Waals surface area contributed by atoms with E-state index >= 15 is 0 Å².